The molecule has 0 saturated heterocycles. The summed E-state index contributed by atoms with van der Waals surface area (Å²) in [5.41, 5.74) is 0.472. The van der Waals surface area contributed by atoms with Crippen LogP contribution in [0, 0.1) is 0 Å². The molecule has 1 N–H and O–H groups in total. The molecule has 0 radical (unpaired) electrons. The summed E-state index contributed by atoms with van der Waals surface area (Å²) in [5, 5.41) is 13.6. The Balaban J connectivity index is 1.52. The third kappa shape index (κ3) is 3.92. The number of hydrogen-bond acceptors (Lipinski definition) is 3. The number of rotatable bonds is 5. The minimum atomic E-state index is -1.94. The van der Waals surface area contributed by atoms with Gasteiger partial charge < -0.3 is 10.0 Å². The fraction of sp³-hybridized carbons (Fsp3) is 0.111. The first-order valence-electron chi connectivity index (χ1n) is 10.5. The van der Waals surface area contributed by atoms with E-state index in [1.165, 1.54) is 0 Å². The van der Waals surface area contributed by atoms with Crippen LogP contribution in [0.15, 0.2) is 93.9 Å². The molecule has 1 amide bonds. The first-order valence-corrected chi connectivity index (χ1v) is 12.1. The van der Waals surface area contributed by atoms with E-state index in [0.29, 0.717) is 16.8 Å². The average Bonchev–Trinajstić information content (AvgIpc) is 3.01. The van der Waals surface area contributed by atoms with E-state index in [-0.39, 0.29) is 18.7 Å². The predicted octanol–water partition coefficient (Wildman–Crippen LogP) is 6.37. The highest BCUT2D eigenvalue weighted by Crippen LogP contribution is 2.45. The lowest BCUT2D eigenvalue weighted by Crippen LogP contribution is -2.41. The van der Waals surface area contributed by atoms with Crippen LogP contribution in [0.3, 0.4) is 0 Å². The molecule has 1 unspecified atom stereocenters. The standard InChI is InChI=1S/C27H19Br2NO3/c28-21-11-12-24-22(14-21)27(33,26(32)30(24)16-20-7-3-4-8-23(20)29)15-25(31)19-10-9-17-5-1-2-6-18(17)13-19/h1-14,33H,15-16H2. The van der Waals surface area contributed by atoms with Crippen LogP contribution in [-0.4, -0.2) is 16.8 Å². The number of fused-ring (bicyclic) bond motifs is 2. The van der Waals surface area contributed by atoms with E-state index >= 15 is 0 Å². The molecule has 5 rings (SSSR count). The van der Waals surface area contributed by atoms with Crippen molar-refractivity contribution in [3.8, 4) is 0 Å². The minimum absolute atomic E-state index is 0.279. The Kier molecular flexibility index (Phi) is 5.69. The third-order valence-electron chi connectivity index (χ3n) is 6.07. The number of nitrogens with zero attached hydrogens (tertiary/aromatic N) is 1. The van der Waals surface area contributed by atoms with Crippen molar-refractivity contribution in [2.75, 3.05) is 4.90 Å². The molecule has 1 heterocycles. The van der Waals surface area contributed by atoms with Gasteiger partial charge in [-0.25, -0.2) is 0 Å². The zero-order valence-electron chi connectivity index (χ0n) is 17.5. The van der Waals surface area contributed by atoms with E-state index in [9.17, 15) is 14.7 Å². The van der Waals surface area contributed by atoms with Crippen molar-refractivity contribution in [1.82, 2.24) is 0 Å². The molecule has 4 aromatic carbocycles. The van der Waals surface area contributed by atoms with Crippen molar-refractivity contribution in [2.45, 2.75) is 18.6 Å². The van der Waals surface area contributed by atoms with E-state index in [0.717, 1.165) is 25.3 Å². The fourth-order valence-electron chi connectivity index (χ4n) is 4.34. The van der Waals surface area contributed by atoms with Gasteiger partial charge in [-0.05, 0) is 46.7 Å². The first-order chi connectivity index (χ1) is 15.9. The van der Waals surface area contributed by atoms with Crippen LogP contribution < -0.4 is 4.90 Å². The molecule has 4 aromatic rings. The molecular formula is C27H19Br2NO3. The lowest BCUT2D eigenvalue weighted by Gasteiger charge is -2.23. The van der Waals surface area contributed by atoms with Crippen LogP contribution in [0.4, 0.5) is 5.69 Å². The normalized spacial score (nSPS) is 17.4. The summed E-state index contributed by atoms with van der Waals surface area (Å²) in [7, 11) is 0. The lowest BCUT2D eigenvalue weighted by molar-refractivity contribution is -0.136. The van der Waals surface area contributed by atoms with Gasteiger partial charge in [0.15, 0.2) is 11.4 Å². The number of benzene rings is 4. The maximum absolute atomic E-state index is 13.6. The summed E-state index contributed by atoms with van der Waals surface area (Å²) in [6.07, 6.45) is -0.333. The second-order valence-electron chi connectivity index (χ2n) is 8.17. The average molecular weight is 565 g/mol. The van der Waals surface area contributed by atoms with Gasteiger partial charge in [-0.15, -0.1) is 0 Å². The Bertz CT molecular complexity index is 1420. The molecule has 0 aromatic heterocycles. The smallest absolute Gasteiger partial charge is 0.264 e. The van der Waals surface area contributed by atoms with Gasteiger partial charge in [-0.3, -0.25) is 9.59 Å². The van der Waals surface area contributed by atoms with Gasteiger partial charge in [-0.1, -0.05) is 86.5 Å². The second-order valence-corrected chi connectivity index (χ2v) is 9.94. The van der Waals surface area contributed by atoms with Crippen molar-refractivity contribution in [3.63, 3.8) is 0 Å². The number of hydrogen-bond donors (Lipinski definition) is 1. The van der Waals surface area contributed by atoms with Crippen LogP contribution in [0.1, 0.15) is 27.9 Å². The Morgan fingerprint density at radius 2 is 1.61 bits per heavy atom. The van der Waals surface area contributed by atoms with Crippen LogP contribution in [0.25, 0.3) is 10.8 Å². The summed E-state index contributed by atoms with van der Waals surface area (Å²) in [4.78, 5) is 28.4. The van der Waals surface area contributed by atoms with Crippen molar-refractivity contribution < 1.29 is 14.7 Å². The highest BCUT2D eigenvalue weighted by Gasteiger charge is 2.51. The Labute approximate surface area is 208 Å². The quantitative estimate of drug-likeness (QED) is 0.286. The SMILES string of the molecule is O=C(CC1(O)C(=O)N(Cc2ccccc2Br)c2ccc(Br)cc21)c1ccc2ccccc2c1. The van der Waals surface area contributed by atoms with Crippen LogP contribution in [0.5, 0.6) is 0 Å². The van der Waals surface area contributed by atoms with Gasteiger partial charge in [0, 0.05) is 20.1 Å². The molecule has 1 atom stereocenters. The molecular weight excluding hydrogens is 546 g/mol. The highest BCUT2D eigenvalue weighted by molar-refractivity contribution is 9.10. The molecule has 6 heteroatoms. The Morgan fingerprint density at radius 3 is 2.39 bits per heavy atom. The molecule has 1 aliphatic heterocycles. The van der Waals surface area contributed by atoms with E-state index in [1.54, 1.807) is 29.2 Å². The molecule has 0 aliphatic carbocycles. The number of anilines is 1. The molecule has 33 heavy (non-hydrogen) atoms. The van der Waals surface area contributed by atoms with Gasteiger partial charge in [0.05, 0.1) is 18.7 Å². The van der Waals surface area contributed by atoms with Crippen molar-refractivity contribution >= 4 is 60.0 Å². The highest BCUT2D eigenvalue weighted by atomic mass is 79.9. The Hall–Kier alpha value is -2.80. The van der Waals surface area contributed by atoms with Crippen molar-refractivity contribution in [2.24, 2.45) is 0 Å². The molecule has 0 fully saturated rings. The number of ketones is 1. The summed E-state index contributed by atoms with van der Waals surface area (Å²) in [6, 6.07) is 26.2. The van der Waals surface area contributed by atoms with Crippen molar-refractivity contribution in [3.05, 3.63) is 111 Å². The fourth-order valence-corrected chi connectivity index (χ4v) is 5.12. The molecule has 164 valence electrons. The number of carbonyl (C=O) groups is 2. The monoisotopic (exact) mass is 563 g/mol. The summed E-state index contributed by atoms with van der Waals surface area (Å²) < 4.78 is 1.60. The van der Waals surface area contributed by atoms with Crippen LogP contribution >= 0.6 is 31.9 Å². The van der Waals surface area contributed by atoms with E-state index < -0.39 is 11.5 Å². The molecule has 4 nitrogen and oxygen atoms in total. The van der Waals surface area contributed by atoms with Crippen molar-refractivity contribution in [1.29, 1.82) is 0 Å². The minimum Gasteiger partial charge on any atom is -0.375 e. The molecule has 1 aliphatic rings. The zero-order chi connectivity index (χ0) is 23.2. The Morgan fingerprint density at radius 1 is 0.879 bits per heavy atom. The summed E-state index contributed by atoms with van der Waals surface area (Å²) in [6.45, 7) is 0.279. The largest absolute Gasteiger partial charge is 0.375 e. The van der Waals surface area contributed by atoms with Crippen LogP contribution in [-0.2, 0) is 16.9 Å². The zero-order valence-corrected chi connectivity index (χ0v) is 20.6. The number of amides is 1. The second kappa shape index (κ2) is 8.52. The summed E-state index contributed by atoms with van der Waals surface area (Å²) in [5.74, 6) is -0.786. The summed E-state index contributed by atoms with van der Waals surface area (Å²) >= 11 is 6.97. The van der Waals surface area contributed by atoms with Gasteiger partial charge in [0.25, 0.3) is 5.91 Å². The van der Waals surface area contributed by atoms with Crippen LogP contribution in [0.2, 0.25) is 0 Å². The lowest BCUT2D eigenvalue weighted by atomic mass is 9.87. The van der Waals surface area contributed by atoms with E-state index in [2.05, 4.69) is 31.9 Å². The van der Waals surface area contributed by atoms with Gasteiger partial charge in [0.2, 0.25) is 0 Å². The predicted molar refractivity (Wildman–Crippen MR) is 136 cm³/mol. The number of halogens is 2. The van der Waals surface area contributed by atoms with Gasteiger partial charge >= 0.3 is 0 Å². The van der Waals surface area contributed by atoms with E-state index in [1.807, 2.05) is 60.7 Å². The maximum Gasteiger partial charge on any atom is 0.264 e. The topological polar surface area (TPSA) is 57.6 Å². The first kappa shape index (κ1) is 22.0. The van der Waals surface area contributed by atoms with Gasteiger partial charge in [-0.2, -0.15) is 0 Å². The molecule has 0 bridgehead atoms. The number of carbonyl (C=O) groups excluding carboxylic acids is 2. The third-order valence-corrected chi connectivity index (χ3v) is 7.33. The number of aliphatic hydroxyl groups is 1. The van der Waals surface area contributed by atoms with Gasteiger partial charge in [0.1, 0.15) is 0 Å². The maximum atomic E-state index is 13.6. The number of Topliss-reactive ketones (excluding diaryl/α,β-unsaturated/α-hetero) is 1. The molecule has 0 saturated carbocycles. The molecule has 0 spiro atoms. The van der Waals surface area contributed by atoms with E-state index in [4.69, 9.17) is 0 Å².